The Labute approximate surface area is 97.8 Å². The molecule has 0 aromatic rings. The molecule has 0 radical (unpaired) electrons. The third kappa shape index (κ3) is 8.32. The molecule has 92 valence electrons. The lowest BCUT2D eigenvalue weighted by Gasteiger charge is -2.17. The first-order valence-corrected chi connectivity index (χ1v) is 8.67. The van der Waals surface area contributed by atoms with E-state index in [-0.39, 0.29) is 0 Å². The van der Waals surface area contributed by atoms with Crippen LogP contribution < -0.4 is 0 Å². The van der Waals surface area contributed by atoms with Gasteiger partial charge in [0.2, 0.25) is 0 Å². The Bertz CT molecular complexity index is 174. The SMILES string of the molecule is CCCCOP(=O)(CSC)OCCCC. The summed E-state index contributed by atoms with van der Waals surface area (Å²) in [6, 6.07) is 0. The molecule has 0 aromatic heterocycles. The second kappa shape index (κ2) is 9.71. The lowest BCUT2D eigenvalue weighted by Crippen LogP contribution is -2.01. The van der Waals surface area contributed by atoms with E-state index < -0.39 is 7.60 Å². The van der Waals surface area contributed by atoms with Crippen LogP contribution in [0, 0.1) is 0 Å². The van der Waals surface area contributed by atoms with Crippen molar-refractivity contribution in [2.24, 2.45) is 0 Å². The first-order chi connectivity index (χ1) is 7.18. The lowest BCUT2D eigenvalue weighted by atomic mass is 10.4. The number of rotatable bonds is 10. The maximum atomic E-state index is 12.1. The normalized spacial score (nSPS) is 11.9. The molecule has 0 unspecified atom stereocenters. The monoisotopic (exact) mass is 254 g/mol. The van der Waals surface area contributed by atoms with Crippen LogP contribution in [-0.2, 0) is 13.6 Å². The maximum absolute atomic E-state index is 12.1. The smallest absolute Gasteiger partial charge is 0.308 e. The average Bonchev–Trinajstić information content (AvgIpc) is 2.19. The van der Waals surface area contributed by atoms with Crippen LogP contribution in [0.2, 0.25) is 0 Å². The molecular weight excluding hydrogens is 231 g/mol. The largest absolute Gasteiger partial charge is 0.340 e. The molecule has 0 aliphatic heterocycles. The van der Waals surface area contributed by atoms with Crippen molar-refractivity contribution >= 4 is 19.4 Å². The van der Waals surface area contributed by atoms with Gasteiger partial charge in [-0.05, 0) is 19.1 Å². The van der Waals surface area contributed by atoms with E-state index in [0.29, 0.717) is 18.7 Å². The Morgan fingerprint density at radius 1 is 1.07 bits per heavy atom. The average molecular weight is 254 g/mol. The molecule has 0 spiro atoms. The van der Waals surface area contributed by atoms with Crippen LogP contribution >= 0.6 is 19.4 Å². The van der Waals surface area contributed by atoms with Gasteiger partial charge in [-0.25, -0.2) is 0 Å². The number of thioether (sulfide) groups is 1. The molecular formula is C10H23O3PS. The van der Waals surface area contributed by atoms with Gasteiger partial charge in [0.25, 0.3) is 0 Å². The molecule has 0 saturated heterocycles. The molecule has 0 bridgehead atoms. The molecule has 0 atom stereocenters. The number of hydrogen-bond acceptors (Lipinski definition) is 4. The van der Waals surface area contributed by atoms with Gasteiger partial charge in [0.15, 0.2) is 0 Å². The maximum Gasteiger partial charge on any atom is 0.340 e. The van der Waals surface area contributed by atoms with E-state index in [2.05, 4.69) is 13.8 Å². The van der Waals surface area contributed by atoms with Crippen LogP contribution in [0.25, 0.3) is 0 Å². The second-order valence-electron chi connectivity index (χ2n) is 3.40. The van der Waals surface area contributed by atoms with Gasteiger partial charge >= 0.3 is 7.60 Å². The minimum atomic E-state index is -2.82. The fraction of sp³-hybridized carbons (Fsp3) is 1.00. The summed E-state index contributed by atoms with van der Waals surface area (Å²) in [5.74, 6) is 0. The van der Waals surface area contributed by atoms with Crippen LogP contribution in [0.4, 0.5) is 0 Å². The molecule has 0 aromatic carbocycles. The van der Waals surface area contributed by atoms with E-state index in [0.717, 1.165) is 25.7 Å². The molecule has 0 aliphatic rings. The highest BCUT2D eigenvalue weighted by atomic mass is 32.2. The zero-order valence-electron chi connectivity index (χ0n) is 10.0. The third-order valence-electron chi connectivity index (χ3n) is 1.86. The van der Waals surface area contributed by atoms with Gasteiger partial charge < -0.3 is 9.05 Å². The lowest BCUT2D eigenvalue weighted by molar-refractivity contribution is 0.203. The van der Waals surface area contributed by atoms with E-state index in [9.17, 15) is 4.57 Å². The van der Waals surface area contributed by atoms with Gasteiger partial charge in [0, 0.05) is 0 Å². The summed E-state index contributed by atoms with van der Waals surface area (Å²) in [7, 11) is -2.82. The van der Waals surface area contributed by atoms with Crippen LogP contribution in [-0.4, -0.2) is 25.0 Å². The van der Waals surface area contributed by atoms with Crippen LogP contribution in [0.5, 0.6) is 0 Å². The minimum Gasteiger partial charge on any atom is -0.308 e. The Hall–Kier alpha value is 0.500. The summed E-state index contributed by atoms with van der Waals surface area (Å²) in [6.45, 7) is 5.25. The molecule has 0 saturated carbocycles. The summed E-state index contributed by atoms with van der Waals surface area (Å²) < 4.78 is 22.8. The van der Waals surface area contributed by atoms with Crippen molar-refractivity contribution in [2.45, 2.75) is 39.5 Å². The first kappa shape index (κ1) is 15.5. The third-order valence-corrected chi connectivity index (χ3v) is 5.31. The van der Waals surface area contributed by atoms with Gasteiger partial charge in [-0.2, -0.15) is 11.8 Å². The summed E-state index contributed by atoms with van der Waals surface area (Å²) in [5.41, 5.74) is 0.459. The van der Waals surface area contributed by atoms with Gasteiger partial charge in [0.05, 0.1) is 18.7 Å². The van der Waals surface area contributed by atoms with Crippen LogP contribution in [0.1, 0.15) is 39.5 Å². The van der Waals surface area contributed by atoms with Crippen molar-refractivity contribution in [2.75, 3.05) is 25.0 Å². The second-order valence-corrected chi connectivity index (χ2v) is 6.75. The molecule has 15 heavy (non-hydrogen) atoms. The van der Waals surface area contributed by atoms with Crippen LogP contribution in [0.3, 0.4) is 0 Å². The van der Waals surface area contributed by atoms with Gasteiger partial charge in [-0.1, -0.05) is 26.7 Å². The van der Waals surface area contributed by atoms with Crippen LogP contribution in [0.15, 0.2) is 0 Å². The van der Waals surface area contributed by atoms with Crippen molar-refractivity contribution in [1.29, 1.82) is 0 Å². The molecule has 0 amide bonds. The Morgan fingerprint density at radius 2 is 1.53 bits per heavy atom. The Kier molecular flexibility index (Phi) is 10.0. The molecule has 3 nitrogen and oxygen atoms in total. The van der Waals surface area contributed by atoms with Crippen molar-refractivity contribution in [1.82, 2.24) is 0 Å². The predicted octanol–water partition coefficient (Wildman–Crippen LogP) is 4.13. The van der Waals surface area contributed by atoms with Gasteiger partial charge in [-0.3, -0.25) is 4.57 Å². The zero-order valence-corrected chi connectivity index (χ0v) is 11.7. The van der Waals surface area contributed by atoms with E-state index in [1.807, 2.05) is 6.26 Å². The summed E-state index contributed by atoms with van der Waals surface area (Å²) in [6.07, 6.45) is 5.90. The minimum absolute atomic E-state index is 0.459. The summed E-state index contributed by atoms with van der Waals surface area (Å²) >= 11 is 1.51. The van der Waals surface area contributed by atoms with Crippen molar-refractivity contribution in [3.63, 3.8) is 0 Å². The van der Waals surface area contributed by atoms with Gasteiger partial charge in [0.1, 0.15) is 0 Å². The molecule has 0 rings (SSSR count). The summed E-state index contributed by atoms with van der Waals surface area (Å²) in [5, 5.41) is 0. The number of unbranched alkanes of at least 4 members (excludes halogenated alkanes) is 2. The standard InChI is InChI=1S/C10H23O3PS/c1-4-6-8-12-14(11,10-15-3)13-9-7-5-2/h4-10H2,1-3H3. The van der Waals surface area contributed by atoms with E-state index in [4.69, 9.17) is 9.05 Å². The Morgan fingerprint density at radius 3 is 1.87 bits per heavy atom. The first-order valence-electron chi connectivity index (χ1n) is 5.55. The molecule has 0 heterocycles. The fourth-order valence-electron chi connectivity index (χ4n) is 0.966. The molecule has 0 aliphatic carbocycles. The Balaban J connectivity index is 3.89. The van der Waals surface area contributed by atoms with Crippen molar-refractivity contribution in [3.8, 4) is 0 Å². The highest BCUT2D eigenvalue weighted by molar-refractivity contribution is 8.03. The highest BCUT2D eigenvalue weighted by Gasteiger charge is 2.23. The molecule has 0 N–H and O–H groups in total. The predicted molar refractivity (Wildman–Crippen MR) is 67.7 cm³/mol. The van der Waals surface area contributed by atoms with E-state index in [1.165, 1.54) is 11.8 Å². The van der Waals surface area contributed by atoms with Gasteiger partial charge in [-0.15, -0.1) is 0 Å². The molecule has 0 fully saturated rings. The number of hydrogen-bond donors (Lipinski definition) is 0. The topological polar surface area (TPSA) is 35.5 Å². The highest BCUT2D eigenvalue weighted by Crippen LogP contribution is 2.50. The van der Waals surface area contributed by atoms with Crippen molar-refractivity contribution in [3.05, 3.63) is 0 Å². The van der Waals surface area contributed by atoms with E-state index >= 15 is 0 Å². The quantitative estimate of drug-likeness (QED) is 0.433. The summed E-state index contributed by atoms with van der Waals surface area (Å²) in [4.78, 5) is 0. The zero-order chi connectivity index (χ0) is 11.6. The fourth-order valence-corrected chi connectivity index (χ4v) is 3.72. The molecule has 5 heteroatoms. The van der Waals surface area contributed by atoms with Crippen molar-refractivity contribution < 1.29 is 13.6 Å². The van der Waals surface area contributed by atoms with E-state index in [1.54, 1.807) is 0 Å².